The van der Waals surface area contributed by atoms with E-state index in [1.807, 2.05) is 12.1 Å². The van der Waals surface area contributed by atoms with Gasteiger partial charge in [-0.05, 0) is 17.7 Å². The van der Waals surface area contributed by atoms with Crippen molar-refractivity contribution < 1.29 is 9.59 Å². The average Bonchev–Trinajstić information content (AvgIpc) is 2.28. The van der Waals surface area contributed by atoms with Crippen LogP contribution >= 0.6 is 0 Å². The first-order chi connectivity index (χ1) is 8.11. The fourth-order valence-electron chi connectivity index (χ4n) is 1.34. The third kappa shape index (κ3) is 4.97. The van der Waals surface area contributed by atoms with Gasteiger partial charge in [-0.1, -0.05) is 18.2 Å². The minimum Gasteiger partial charge on any atom is -0.352 e. The topological polar surface area (TPSA) is 58.2 Å². The lowest BCUT2D eigenvalue weighted by atomic mass is 10.1. The molecule has 0 aliphatic heterocycles. The Morgan fingerprint density at radius 1 is 1.29 bits per heavy atom. The van der Waals surface area contributed by atoms with Crippen molar-refractivity contribution in [1.82, 2.24) is 5.32 Å². The first kappa shape index (κ1) is 13.0. The van der Waals surface area contributed by atoms with Crippen molar-refractivity contribution in [2.45, 2.75) is 13.3 Å². The number of rotatable bonds is 5. The molecule has 4 nitrogen and oxygen atoms in total. The largest absolute Gasteiger partial charge is 0.352 e. The van der Waals surface area contributed by atoms with Crippen LogP contribution in [0.2, 0.25) is 0 Å². The number of nitrogens with one attached hydrogen (secondary N) is 2. The van der Waals surface area contributed by atoms with Gasteiger partial charge in [0, 0.05) is 19.2 Å². The minimum atomic E-state index is -0.110. The monoisotopic (exact) mass is 232 g/mol. The van der Waals surface area contributed by atoms with Crippen LogP contribution in [0.25, 0.3) is 0 Å². The van der Waals surface area contributed by atoms with Crippen LogP contribution in [-0.4, -0.2) is 18.4 Å². The fourth-order valence-corrected chi connectivity index (χ4v) is 1.34. The van der Waals surface area contributed by atoms with Crippen LogP contribution < -0.4 is 10.6 Å². The summed E-state index contributed by atoms with van der Waals surface area (Å²) in [4.78, 5) is 22.2. The van der Waals surface area contributed by atoms with Crippen LogP contribution in [-0.2, 0) is 16.0 Å². The molecule has 0 saturated heterocycles. The quantitative estimate of drug-likeness (QED) is 0.756. The molecular formula is C13H16N2O2. The number of hydrogen-bond donors (Lipinski definition) is 2. The molecule has 2 amide bonds. The maximum absolute atomic E-state index is 11.4. The van der Waals surface area contributed by atoms with Crippen LogP contribution in [0.4, 0.5) is 5.69 Å². The molecule has 0 aliphatic carbocycles. The number of hydrogen-bond acceptors (Lipinski definition) is 2. The molecule has 4 heteroatoms. The summed E-state index contributed by atoms with van der Waals surface area (Å²) >= 11 is 0. The molecule has 90 valence electrons. The highest BCUT2D eigenvalue weighted by Crippen LogP contribution is 2.09. The number of benzene rings is 1. The van der Waals surface area contributed by atoms with Crippen molar-refractivity contribution in [1.29, 1.82) is 0 Å². The van der Waals surface area contributed by atoms with Crippen molar-refractivity contribution in [3.63, 3.8) is 0 Å². The van der Waals surface area contributed by atoms with Gasteiger partial charge < -0.3 is 10.6 Å². The lowest BCUT2D eigenvalue weighted by Crippen LogP contribution is -2.24. The number of carbonyl (C=O) groups excluding carboxylic acids is 2. The summed E-state index contributed by atoms with van der Waals surface area (Å²) in [5, 5.41) is 5.37. The maximum Gasteiger partial charge on any atom is 0.224 e. The van der Waals surface area contributed by atoms with E-state index in [4.69, 9.17) is 0 Å². The van der Waals surface area contributed by atoms with Crippen molar-refractivity contribution in [3.05, 3.63) is 42.5 Å². The number of carbonyl (C=O) groups is 2. The van der Waals surface area contributed by atoms with E-state index >= 15 is 0 Å². The Morgan fingerprint density at radius 2 is 1.94 bits per heavy atom. The third-order valence-corrected chi connectivity index (χ3v) is 2.08. The molecule has 2 N–H and O–H groups in total. The van der Waals surface area contributed by atoms with Crippen LogP contribution in [0.1, 0.15) is 12.5 Å². The molecule has 0 saturated carbocycles. The molecule has 0 aliphatic rings. The zero-order valence-corrected chi connectivity index (χ0v) is 9.82. The summed E-state index contributed by atoms with van der Waals surface area (Å²) in [5.41, 5.74) is 1.63. The van der Waals surface area contributed by atoms with Gasteiger partial charge in [-0.25, -0.2) is 0 Å². The molecule has 0 bridgehead atoms. The molecule has 0 radical (unpaired) electrons. The summed E-state index contributed by atoms with van der Waals surface area (Å²) in [5.74, 6) is -0.154. The molecule has 0 heterocycles. The molecule has 0 aromatic heterocycles. The Kier molecular flexibility index (Phi) is 4.94. The molecule has 0 unspecified atom stereocenters. The predicted octanol–water partition coefficient (Wildman–Crippen LogP) is 1.49. The first-order valence-electron chi connectivity index (χ1n) is 5.36. The minimum absolute atomic E-state index is 0.0443. The SMILES string of the molecule is C=CCNC(=O)Cc1ccc(NC(C)=O)cc1. The lowest BCUT2D eigenvalue weighted by molar-refractivity contribution is -0.120. The second kappa shape index (κ2) is 6.48. The molecule has 0 spiro atoms. The van der Waals surface area contributed by atoms with Gasteiger partial charge in [-0.3, -0.25) is 9.59 Å². The Labute approximate surface area is 101 Å². The zero-order valence-electron chi connectivity index (χ0n) is 9.82. The number of amides is 2. The third-order valence-electron chi connectivity index (χ3n) is 2.08. The van der Waals surface area contributed by atoms with Crippen molar-refractivity contribution in [2.75, 3.05) is 11.9 Å². The second-order valence-electron chi connectivity index (χ2n) is 3.65. The highest BCUT2D eigenvalue weighted by Gasteiger charge is 2.02. The molecule has 0 atom stereocenters. The van der Waals surface area contributed by atoms with E-state index in [1.165, 1.54) is 6.92 Å². The van der Waals surface area contributed by atoms with Gasteiger partial charge in [0.25, 0.3) is 0 Å². The summed E-state index contributed by atoms with van der Waals surface area (Å²) in [6, 6.07) is 7.19. The van der Waals surface area contributed by atoms with Crippen molar-refractivity contribution in [3.8, 4) is 0 Å². The van der Waals surface area contributed by atoms with Gasteiger partial charge in [0.15, 0.2) is 0 Å². The Bertz CT molecular complexity index is 410. The zero-order chi connectivity index (χ0) is 12.7. The van der Waals surface area contributed by atoms with E-state index in [-0.39, 0.29) is 11.8 Å². The van der Waals surface area contributed by atoms with E-state index in [2.05, 4.69) is 17.2 Å². The smallest absolute Gasteiger partial charge is 0.224 e. The number of anilines is 1. The highest BCUT2D eigenvalue weighted by molar-refractivity contribution is 5.88. The van der Waals surface area contributed by atoms with E-state index < -0.39 is 0 Å². The van der Waals surface area contributed by atoms with E-state index in [0.717, 1.165) is 11.3 Å². The molecule has 1 aromatic carbocycles. The predicted molar refractivity (Wildman–Crippen MR) is 67.7 cm³/mol. The summed E-state index contributed by atoms with van der Waals surface area (Å²) < 4.78 is 0. The van der Waals surface area contributed by atoms with E-state index in [0.29, 0.717) is 13.0 Å². The Hall–Kier alpha value is -2.10. The Morgan fingerprint density at radius 3 is 2.47 bits per heavy atom. The van der Waals surface area contributed by atoms with Crippen molar-refractivity contribution in [2.24, 2.45) is 0 Å². The van der Waals surface area contributed by atoms with Crippen LogP contribution in [0, 0.1) is 0 Å². The van der Waals surface area contributed by atoms with Crippen molar-refractivity contribution >= 4 is 17.5 Å². The first-order valence-corrected chi connectivity index (χ1v) is 5.36. The van der Waals surface area contributed by atoms with E-state index in [1.54, 1.807) is 18.2 Å². The lowest BCUT2D eigenvalue weighted by Gasteiger charge is -2.05. The van der Waals surface area contributed by atoms with Crippen LogP contribution in [0.3, 0.4) is 0 Å². The normalized spacial score (nSPS) is 9.47. The highest BCUT2D eigenvalue weighted by atomic mass is 16.2. The average molecular weight is 232 g/mol. The van der Waals surface area contributed by atoms with Gasteiger partial charge in [0.2, 0.25) is 11.8 Å². The molecular weight excluding hydrogens is 216 g/mol. The van der Waals surface area contributed by atoms with Gasteiger partial charge >= 0.3 is 0 Å². The summed E-state index contributed by atoms with van der Waals surface area (Å²) in [6.45, 7) is 5.45. The van der Waals surface area contributed by atoms with Crippen LogP contribution in [0.15, 0.2) is 36.9 Å². The van der Waals surface area contributed by atoms with Crippen LogP contribution in [0.5, 0.6) is 0 Å². The molecule has 1 aromatic rings. The van der Waals surface area contributed by atoms with Gasteiger partial charge in [-0.15, -0.1) is 6.58 Å². The van der Waals surface area contributed by atoms with Gasteiger partial charge in [0.1, 0.15) is 0 Å². The molecule has 0 fully saturated rings. The maximum atomic E-state index is 11.4. The summed E-state index contributed by atoms with van der Waals surface area (Å²) in [6.07, 6.45) is 1.96. The second-order valence-corrected chi connectivity index (χ2v) is 3.65. The Balaban J connectivity index is 2.53. The summed E-state index contributed by atoms with van der Waals surface area (Å²) in [7, 11) is 0. The standard InChI is InChI=1S/C13H16N2O2/c1-3-8-14-13(17)9-11-4-6-12(7-5-11)15-10(2)16/h3-7H,1,8-9H2,2H3,(H,14,17)(H,15,16). The van der Waals surface area contributed by atoms with Gasteiger partial charge in [0.05, 0.1) is 6.42 Å². The molecule has 1 rings (SSSR count). The molecule has 17 heavy (non-hydrogen) atoms. The van der Waals surface area contributed by atoms with Gasteiger partial charge in [-0.2, -0.15) is 0 Å². The van der Waals surface area contributed by atoms with E-state index in [9.17, 15) is 9.59 Å². The fraction of sp³-hybridized carbons (Fsp3) is 0.231.